The highest BCUT2D eigenvalue weighted by molar-refractivity contribution is 5.96. The molecule has 0 atom stereocenters. The van der Waals surface area contributed by atoms with Gasteiger partial charge < -0.3 is 0 Å². The van der Waals surface area contributed by atoms with Gasteiger partial charge in [0.05, 0.1) is 11.2 Å². The summed E-state index contributed by atoms with van der Waals surface area (Å²) in [4.78, 5) is 15.1. The van der Waals surface area contributed by atoms with Crippen molar-refractivity contribution in [3.63, 3.8) is 0 Å². The van der Waals surface area contributed by atoms with Gasteiger partial charge in [0.25, 0.3) is 0 Å². The zero-order valence-corrected chi connectivity index (χ0v) is 9.45. The van der Waals surface area contributed by atoms with Crippen molar-refractivity contribution in [3.05, 3.63) is 54.4 Å². The van der Waals surface area contributed by atoms with Crippen LogP contribution in [0.2, 0.25) is 0 Å². The maximum Gasteiger partial charge on any atom is 0.150 e. The number of nitrogens with zero attached hydrogens (tertiary/aromatic N) is 3. The SMILES string of the molecule is O=Cc1ccc2nccc(-c3cccnn3)c2c1. The minimum atomic E-state index is 0.626. The van der Waals surface area contributed by atoms with E-state index in [2.05, 4.69) is 15.2 Å². The van der Waals surface area contributed by atoms with Crippen molar-refractivity contribution in [2.45, 2.75) is 0 Å². The molecule has 4 nitrogen and oxygen atoms in total. The van der Waals surface area contributed by atoms with Crippen molar-refractivity contribution in [3.8, 4) is 11.3 Å². The van der Waals surface area contributed by atoms with Crippen LogP contribution in [0.15, 0.2) is 48.8 Å². The highest BCUT2D eigenvalue weighted by Gasteiger charge is 2.06. The van der Waals surface area contributed by atoms with Gasteiger partial charge >= 0.3 is 0 Å². The van der Waals surface area contributed by atoms with Crippen molar-refractivity contribution in [1.29, 1.82) is 0 Å². The second-order valence-corrected chi connectivity index (χ2v) is 3.86. The van der Waals surface area contributed by atoms with Crippen LogP contribution in [0.25, 0.3) is 22.2 Å². The van der Waals surface area contributed by atoms with Gasteiger partial charge in [0.2, 0.25) is 0 Å². The molecule has 0 N–H and O–H groups in total. The molecule has 18 heavy (non-hydrogen) atoms. The largest absolute Gasteiger partial charge is 0.298 e. The van der Waals surface area contributed by atoms with Crippen LogP contribution in [0.5, 0.6) is 0 Å². The van der Waals surface area contributed by atoms with E-state index in [4.69, 9.17) is 0 Å². The van der Waals surface area contributed by atoms with E-state index < -0.39 is 0 Å². The van der Waals surface area contributed by atoms with Gasteiger partial charge in [-0.1, -0.05) is 0 Å². The number of aromatic nitrogens is 3. The van der Waals surface area contributed by atoms with Gasteiger partial charge in [-0.25, -0.2) is 0 Å². The maximum atomic E-state index is 10.8. The lowest BCUT2D eigenvalue weighted by Crippen LogP contribution is -1.90. The molecule has 1 aromatic carbocycles. The van der Waals surface area contributed by atoms with Crippen LogP contribution in [0.3, 0.4) is 0 Å². The maximum absolute atomic E-state index is 10.8. The molecule has 0 aliphatic heterocycles. The van der Waals surface area contributed by atoms with Crippen LogP contribution in [-0.4, -0.2) is 21.5 Å². The summed E-state index contributed by atoms with van der Waals surface area (Å²) in [6.07, 6.45) is 4.18. The second kappa shape index (κ2) is 4.33. The Morgan fingerprint density at radius 2 is 2.00 bits per heavy atom. The van der Waals surface area contributed by atoms with Gasteiger partial charge in [0.15, 0.2) is 0 Å². The Morgan fingerprint density at radius 1 is 1.06 bits per heavy atom. The van der Waals surface area contributed by atoms with E-state index in [1.165, 1.54) is 0 Å². The molecule has 86 valence electrons. The van der Waals surface area contributed by atoms with E-state index in [1.807, 2.05) is 30.3 Å². The number of benzene rings is 1. The number of pyridine rings is 1. The van der Waals surface area contributed by atoms with Crippen LogP contribution >= 0.6 is 0 Å². The van der Waals surface area contributed by atoms with Gasteiger partial charge in [-0.2, -0.15) is 10.2 Å². The van der Waals surface area contributed by atoms with E-state index in [0.29, 0.717) is 5.56 Å². The number of aldehydes is 1. The molecule has 0 spiro atoms. The lowest BCUT2D eigenvalue weighted by Gasteiger charge is -2.05. The smallest absolute Gasteiger partial charge is 0.150 e. The lowest BCUT2D eigenvalue weighted by molar-refractivity contribution is 0.112. The Labute approximate surface area is 103 Å². The zero-order valence-electron chi connectivity index (χ0n) is 9.45. The number of hydrogen-bond acceptors (Lipinski definition) is 4. The molecular weight excluding hydrogens is 226 g/mol. The van der Waals surface area contributed by atoms with Crippen molar-refractivity contribution < 1.29 is 4.79 Å². The average Bonchev–Trinajstić information content (AvgIpc) is 2.47. The molecule has 0 fully saturated rings. The highest BCUT2D eigenvalue weighted by Crippen LogP contribution is 2.25. The Bertz CT molecular complexity index is 711. The predicted molar refractivity (Wildman–Crippen MR) is 68.2 cm³/mol. The van der Waals surface area contributed by atoms with Gasteiger partial charge in [-0.3, -0.25) is 9.78 Å². The molecule has 0 saturated carbocycles. The topological polar surface area (TPSA) is 55.7 Å². The van der Waals surface area contributed by atoms with Crippen LogP contribution in [0, 0.1) is 0 Å². The predicted octanol–water partition coefficient (Wildman–Crippen LogP) is 2.50. The van der Waals surface area contributed by atoms with Crippen LogP contribution in [0.1, 0.15) is 10.4 Å². The van der Waals surface area contributed by atoms with Crippen molar-refractivity contribution in [2.24, 2.45) is 0 Å². The first-order chi connectivity index (χ1) is 8.88. The average molecular weight is 235 g/mol. The Kier molecular flexibility index (Phi) is 2.53. The van der Waals surface area contributed by atoms with E-state index in [1.54, 1.807) is 18.5 Å². The van der Waals surface area contributed by atoms with Crippen molar-refractivity contribution >= 4 is 17.2 Å². The summed E-state index contributed by atoms with van der Waals surface area (Å²) < 4.78 is 0. The van der Waals surface area contributed by atoms with Crippen LogP contribution < -0.4 is 0 Å². The third-order valence-corrected chi connectivity index (χ3v) is 2.75. The first-order valence-corrected chi connectivity index (χ1v) is 5.50. The Hall–Kier alpha value is -2.62. The normalized spacial score (nSPS) is 10.4. The first-order valence-electron chi connectivity index (χ1n) is 5.50. The fraction of sp³-hybridized carbons (Fsp3) is 0. The second-order valence-electron chi connectivity index (χ2n) is 3.86. The number of carbonyl (C=O) groups is 1. The van der Waals surface area contributed by atoms with Gasteiger partial charge in [0.1, 0.15) is 6.29 Å². The molecule has 0 unspecified atom stereocenters. The summed E-state index contributed by atoms with van der Waals surface area (Å²) in [5.41, 5.74) is 3.16. The van der Waals surface area contributed by atoms with E-state index in [0.717, 1.165) is 28.4 Å². The molecule has 2 aromatic heterocycles. The molecular formula is C14H9N3O. The summed E-state index contributed by atoms with van der Waals surface area (Å²) in [6.45, 7) is 0. The summed E-state index contributed by atoms with van der Waals surface area (Å²) in [6, 6.07) is 11.0. The highest BCUT2D eigenvalue weighted by atomic mass is 16.1. The summed E-state index contributed by atoms with van der Waals surface area (Å²) in [5, 5.41) is 8.86. The summed E-state index contributed by atoms with van der Waals surface area (Å²) in [5.74, 6) is 0. The summed E-state index contributed by atoms with van der Waals surface area (Å²) in [7, 11) is 0. The van der Waals surface area contributed by atoms with Crippen LogP contribution in [-0.2, 0) is 0 Å². The third-order valence-electron chi connectivity index (χ3n) is 2.75. The monoisotopic (exact) mass is 235 g/mol. The van der Waals surface area contributed by atoms with E-state index >= 15 is 0 Å². The quantitative estimate of drug-likeness (QED) is 0.640. The minimum Gasteiger partial charge on any atom is -0.298 e. The molecule has 0 amide bonds. The van der Waals surface area contributed by atoms with Gasteiger partial charge in [-0.05, 0) is 36.4 Å². The molecule has 0 bridgehead atoms. The molecule has 0 aliphatic rings. The minimum absolute atomic E-state index is 0.626. The van der Waals surface area contributed by atoms with Gasteiger partial charge in [0, 0.05) is 28.9 Å². The number of carbonyl (C=O) groups excluding carboxylic acids is 1. The first kappa shape index (κ1) is 10.5. The molecule has 0 radical (unpaired) electrons. The fourth-order valence-electron chi connectivity index (χ4n) is 1.91. The molecule has 2 heterocycles. The zero-order chi connectivity index (χ0) is 12.4. The molecule has 4 heteroatoms. The fourth-order valence-corrected chi connectivity index (χ4v) is 1.91. The molecule has 3 rings (SSSR count). The molecule has 0 saturated heterocycles. The van der Waals surface area contributed by atoms with Crippen molar-refractivity contribution in [2.75, 3.05) is 0 Å². The summed E-state index contributed by atoms with van der Waals surface area (Å²) >= 11 is 0. The number of fused-ring (bicyclic) bond motifs is 1. The van der Waals surface area contributed by atoms with Gasteiger partial charge in [-0.15, -0.1) is 0 Å². The standard InChI is InChI=1S/C14H9N3O/c18-9-10-3-4-13-12(8-10)11(5-7-15-13)14-2-1-6-16-17-14/h1-9H. The van der Waals surface area contributed by atoms with E-state index in [-0.39, 0.29) is 0 Å². The number of hydrogen-bond donors (Lipinski definition) is 0. The molecule has 3 aromatic rings. The third kappa shape index (κ3) is 1.73. The molecule has 0 aliphatic carbocycles. The van der Waals surface area contributed by atoms with Crippen molar-refractivity contribution in [1.82, 2.24) is 15.2 Å². The Balaban J connectivity index is 2.32. The lowest BCUT2D eigenvalue weighted by atomic mass is 10.0. The van der Waals surface area contributed by atoms with Crippen LogP contribution in [0.4, 0.5) is 0 Å². The van der Waals surface area contributed by atoms with E-state index in [9.17, 15) is 4.79 Å². The number of rotatable bonds is 2. The Morgan fingerprint density at radius 3 is 2.78 bits per heavy atom.